The van der Waals surface area contributed by atoms with Gasteiger partial charge >= 0.3 is 8.25 Å². The van der Waals surface area contributed by atoms with Crippen LogP contribution in [0.4, 0.5) is 0 Å². The first-order chi connectivity index (χ1) is 28.6. The molecule has 0 radical (unpaired) electrons. The smallest absolute Gasteiger partial charge is 0.228 e. The van der Waals surface area contributed by atoms with E-state index in [1.165, 1.54) is 12.7 Å². The molecule has 2 aromatic heterocycles. The van der Waals surface area contributed by atoms with E-state index in [1.54, 1.807) is 0 Å². The lowest BCUT2D eigenvalue weighted by atomic mass is 9.77. The van der Waals surface area contributed by atoms with Crippen molar-refractivity contribution in [2.75, 3.05) is 0 Å². The Labute approximate surface area is 340 Å². The molecule has 6 aromatic carbocycles. The second kappa shape index (κ2) is 17.4. The molecule has 0 spiro atoms. The van der Waals surface area contributed by atoms with Crippen LogP contribution in [0.25, 0.3) is 0 Å². The van der Waals surface area contributed by atoms with Gasteiger partial charge in [0.25, 0.3) is 0 Å². The van der Waals surface area contributed by atoms with Gasteiger partial charge in [-0.3, -0.25) is 0 Å². The minimum absolute atomic E-state index is 0.448. The van der Waals surface area contributed by atoms with Gasteiger partial charge in [-0.25, -0.2) is 19.3 Å². The van der Waals surface area contributed by atoms with Crippen molar-refractivity contribution in [1.82, 2.24) is 29.5 Å². The summed E-state index contributed by atoms with van der Waals surface area (Å²) < 4.78 is 30.9. The van der Waals surface area contributed by atoms with Crippen LogP contribution in [0.5, 0.6) is 0 Å². The Kier molecular flexibility index (Phi) is 11.6. The van der Waals surface area contributed by atoms with E-state index in [-0.39, 0.29) is 0 Å². The first kappa shape index (κ1) is 38.5. The molecule has 2 unspecified atom stereocenters. The minimum atomic E-state index is -2.71. The summed E-state index contributed by atoms with van der Waals surface area (Å²) in [5.74, 6) is 1.02. The van der Waals surface area contributed by atoms with Crippen molar-refractivity contribution in [3.05, 3.63) is 240 Å². The number of hydrogen-bond donors (Lipinski definition) is 0. The lowest BCUT2D eigenvalue weighted by Gasteiger charge is -2.37. The van der Waals surface area contributed by atoms with Crippen molar-refractivity contribution in [2.24, 2.45) is 0 Å². The van der Waals surface area contributed by atoms with E-state index in [0.29, 0.717) is 24.5 Å². The van der Waals surface area contributed by atoms with Crippen LogP contribution in [0.15, 0.2) is 195 Å². The Morgan fingerprint density at radius 1 is 0.448 bits per heavy atom. The Balaban J connectivity index is 1.18. The molecule has 0 saturated carbocycles. The van der Waals surface area contributed by atoms with Gasteiger partial charge in [-0.05, 0) is 46.2 Å². The van der Waals surface area contributed by atoms with Gasteiger partial charge in [0.2, 0.25) is 0 Å². The molecule has 0 aliphatic carbocycles. The van der Waals surface area contributed by atoms with Crippen LogP contribution in [0.1, 0.15) is 83.9 Å². The molecular formula is C48H44N6O3P+. The minimum Gasteiger partial charge on any atom is -0.228 e. The standard InChI is InChI=1S/C48H44N6O3P/c1-3-43(45-49-35-51-53(45)47(37-23-11-5-12-24-37,38-25-13-6-14-26-38)39-27-15-7-16-28-39)56-58(55)57-44(4-2)46-50-36-52-54(46)48(40-29-17-8-18-30-40,41-31-19-9-20-32-41)42-33-21-10-22-34-42/h5-36,43-44H,3-4H2,1-2H3/q+1. The zero-order chi connectivity index (χ0) is 39.8. The fourth-order valence-corrected chi connectivity index (χ4v) is 9.06. The second-order valence-electron chi connectivity index (χ2n) is 13.9. The van der Waals surface area contributed by atoms with Crippen molar-refractivity contribution >= 4 is 8.25 Å². The summed E-state index contributed by atoms with van der Waals surface area (Å²) in [5.41, 5.74) is 4.04. The summed E-state index contributed by atoms with van der Waals surface area (Å²) in [4.78, 5) is 9.59. The lowest BCUT2D eigenvalue weighted by molar-refractivity contribution is 0.110. The summed E-state index contributed by atoms with van der Waals surface area (Å²) in [6.07, 6.45) is 2.48. The molecule has 0 amide bonds. The SMILES string of the molecule is CCC(O[P+](=O)OC(CC)c1ncnn1C(c1ccccc1)(c1ccccc1)c1ccccc1)c1ncnn1C(c1ccccc1)(c1ccccc1)c1ccccc1. The molecule has 2 atom stereocenters. The summed E-state index contributed by atoms with van der Waals surface area (Å²) in [6, 6.07) is 61.5. The zero-order valence-corrected chi connectivity index (χ0v) is 33.3. The molecule has 0 aliphatic rings. The number of nitrogens with zero attached hydrogens (tertiary/aromatic N) is 6. The molecule has 0 saturated heterocycles. The molecule has 288 valence electrons. The van der Waals surface area contributed by atoms with Gasteiger partial charge in [-0.1, -0.05) is 196 Å². The van der Waals surface area contributed by atoms with Crippen molar-refractivity contribution in [3.8, 4) is 0 Å². The van der Waals surface area contributed by atoms with Gasteiger partial charge in [0.1, 0.15) is 23.7 Å². The van der Waals surface area contributed by atoms with E-state index in [1.807, 2.05) is 132 Å². The van der Waals surface area contributed by atoms with Crippen molar-refractivity contribution in [1.29, 1.82) is 0 Å². The number of aromatic nitrogens is 6. The van der Waals surface area contributed by atoms with Crippen LogP contribution in [0.2, 0.25) is 0 Å². The molecule has 9 nitrogen and oxygen atoms in total. The van der Waals surface area contributed by atoms with E-state index in [0.717, 1.165) is 33.4 Å². The monoisotopic (exact) mass is 783 g/mol. The van der Waals surface area contributed by atoms with Crippen LogP contribution in [0, 0.1) is 0 Å². The van der Waals surface area contributed by atoms with Gasteiger partial charge < -0.3 is 0 Å². The Hall–Kier alpha value is -6.38. The Morgan fingerprint density at radius 3 is 0.914 bits per heavy atom. The fourth-order valence-electron chi connectivity index (χ4n) is 8.11. The average molecular weight is 784 g/mol. The molecule has 2 heterocycles. The predicted molar refractivity (Wildman–Crippen MR) is 225 cm³/mol. The maximum Gasteiger partial charge on any atom is 0.698 e. The van der Waals surface area contributed by atoms with Crippen molar-refractivity contribution in [3.63, 3.8) is 0 Å². The van der Waals surface area contributed by atoms with Crippen molar-refractivity contribution in [2.45, 2.75) is 50.0 Å². The van der Waals surface area contributed by atoms with E-state index < -0.39 is 31.5 Å². The Bertz CT molecular complexity index is 2150. The molecule has 0 bridgehead atoms. The number of hydrogen-bond acceptors (Lipinski definition) is 7. The highest BCUT2D eigenvalue weighted by Gasteiger charge is 2.46. The first-order valence-corrected chi connectivity index (χ1v) is 20.7. The first-order valence-electron chi connectivity index (χ1n) is 19.6. The third kappa shape index (κ3) is 6.98. The maximum absolute atomic E-state index is 14.3. The average Bonchev–Trinajstić information content (AvgIpc) is 3.99. The van der Waals surface area contributed by atoms with Crippen LogP contribution >= 0.6 is 8.25 Å². The van der Waals surface area contributed by atoms with Gasteiger partial charge in [0.05, 0.1) is 0 Å². The highest BCUT2D eigenvalue weighted by atomic mass is 31.1. The van der Waals surface area contributed by atoms with Crippen LogP contribution in [0.3, 0.4) is 0 Å². The largest absolute Gasteiger partial charge is 0.698 e. The number of benzene rings is 6. The van der Waals surface area contributed by atoms with E-state index in [4.69, 9.17) is 29.2 Å². The highest BCUT2D eigenvalue weighted by Crippen LogP contribution is 2.47. The lowest BCUT2D eigenvalue weighted by Crippen LogP contribution is -2.40. The quantitative estimate of drug-likeness (QED) is 0.0711. The molecule has 8 aromatic rings. The van der Waals surface area contributed by atoms with Crippen LogP contribution in [-0.4, -0.2) is 29.5 Å². The third-order valence-corrected chi connectivity index (χ3v) is 11.5. The van der Waals surface area contributed by atoms with Crippen LogP contribution < -0.4 is 0 Å². The molecule has 0 N–H and O–H groups in total. The second-order valence-corrected chi connectivity index (χ2v) is 14.8. The van der Waals surface area contributed by atoms with E-state index >= 15 is 0 Å². The van der Waals surface area contributed by atoms with Gasteiger partial charge in [-0.2, -0.15) is 10.2 Å². The summed E-state index contributed by atoms with van der Waals surface area (Å²) >= 11 is 0. The van der Waals surface area contributed by atoms with Gasteiger partial charge in [0.15, 0.2) is 23.9 Å². The fraction of sp³-hybridized carbons (Fsp3) is 0.167. The molecular weight excluding hydrogens is 740 g/mol. The molecule has 58 heavy (non-hydrogen) atoms. The van der Waals surface area contributed by atoms with E-state index in [9.17, 15) is 4.57 Å². The summed E-state index contributed by atoms with van der Waals surface area (Å²) in [7, 11) is -2.71. The maximum atomic E-state index is 14.3. The number of rotatable bonds is 16. The molecule has 0 aliphatic heterocycles. The predicted octanol–water partition coefficient (Wildman–Crippen LogP) is 10.8. The molecule has 0 fully saturated rings. The Morgan fingerprint density at radius 2 is 0.690 bits per heavy atom. The summed E-state index contributed by atoms with van der Waals surface area (Å²) in [6.45, 7) is 3.95. The molecule has 8 rings (SSSR count). The molecule has 10 heteroatoms. The topological polar surface area (TPSA) is 97.0 Å². The normalized spacial score (nSPS) is 13.2. The van der Waals surface area contributed by atoms with Gasteiger partial charge in [-0.15, -0.1) is 9.05 Å². The third-order valence-electron chi connectivity index (χ3n) is 10.7. The zero-order valence-electron chi connectivity index (χ0n) is 32.4. The van der Waals surface area contributed by atoms with Crippen LogP contribution in [-0.2, 0) is 24.7 Å². The van der Waals surface area contributed by atoms with Crippen molar-refractivity contribution < 1.29 is 13.6 Å². The highest BCUT2D eigenvalue weighted by molar-refractivity contribution is 7.33. The van der Waals surface area contributed by atoms with E-state index in [2.05, 4.69) is 72.8 Å². The summed E-state index contributed by atoms with van der Waals surface area (Å²) in [5, 5.41) is 9.81. The van der Waals surface area contributed by atoms with Gasteiger partial charge in [0, 0.05) is 4.57 Å².